The molecule has 202 valence electrons. The van der Waals surface area contributed by atoms with Gasteiger partial charge in [0.15, 0.2) is 0 Å². The Morgan fingerprint density at radius 1 is 0.735 bits per heavy atom. The third-order valence-corrected chi connectivity index (χ3v) is 4.92. The maximum atomic E-state index is 10.6. The molecule has 0 bridgehead atoms. The summed E-state index contributed by atoms with van der Waals surface area (Å²) >= 11 is 0. The number of aliphatic hydroxyl groups excluding tert-OH is 4. The second kappa shape index (κ2) is 18.5. The van der Waals surface area contributed by atoms with Gasteiger partial charge in [-0.25, -0.2) is 9.13 Å². The molecule has 0 amide bonds. The van der Waals surface area contributed by atoms with Crippen molar-refractivity contribution in [3.8, 4) is 0 Å². The van der Waals surface area contributed by atoms with Gasteiger partial charge in [-0.3, -0.25) is 0 Å². The molecule has 0 fully saturated rings. The molecular weight excluding hydrogens is 494 g/mol. The normalized spacial score (nSPS) is 12.8. The average molecular weight is 534 g/mol. The lowest BCUT2D eigenvalue weighted by Crippen LogP contribution is -2.40. The minimum absolute atomic E-state index is 0.465. The van der Waals surface area contributed by atoms with E-state index < -0.39 is 47.0 Å². The van der Waals surface area contributed by atoms with E-state index in [1.54, 1.807) is 0 Å². The van der Waals surface area contributed by atoms with E-state index in [0.717, 1.165) is 18.4 Å². The maximum absolute atomic E-state index is 10.6. The lowest BCUT2D eigenvalue weighted by atomic mass is 9.79. The molecule has 14 heteroatoms. The predicted octanol–water partition coefficient (Wildman–Crippen LogP) is 1.12. The molecule has 1 atom stereocenters. The topological polar surface area (TPSA) is 236 Å². The minimum Gasteiger partial charge on any atom is -0.395 e. The molecule has 0 aromatic heterocycles. The third kappa shape index (κ3) is 19.6. The van der Waals surface area contributed by atoms with Gasteiger partial charge in [-0.15, -0.1) is 0 Å². The van der Waals surface area contributed by atoms with Crippen LogP contribution in [0.15, 0.2) is 24.3 Å². The smallest absolute Gasteiger partial charge is 0.395 e. The molecule has 1 rings (SSSR count). The zero-order chi connectivity index (χ0) is 26.8. The van der Waals surface area contributed by atoms with E-state index in [1.807, 2.05) is 24.3 Å². The van der Waals surface area contributed by atoms with Gasteiger partial charge in [0.05, 0.1) is 31.3 Å². The van der Waals surface area contributed by atoms with Crippen LogP contribution in [0.2, 0.25) is 0 Å². The second-order valence-electron chi connectivity index (χ2n) is 7.84. The number of hydrogen-bond donors (Lipinski definition) is 10. The summed E-state index contributed by atoms with van der Waals surface area (Å²) in [5.41, 5.74) is 0.412. The van der Waals surface area contributed by atoms with Crippen LogP contribution in [0.4, 0.5) is 0 Å². The molecule has 0 aliphatic heterocycles. The highest BCUT2D eigenvalue weighted by atomic mass is 31.2. The molecule has 1 aromatic rings. The number of unbranched alkanes of at least 4 members (excludes halogenated alkanes) is 6. The van der Waals surface area contributed by atoms with Crippen LogP contribution < -0.4 is 0 Å². The van der Waals surface area contributed by atoms with Gasteiger partial charge >= 0.3 is 15.6 Å². The molecule has 0 aliphatic carbocycles. The van der Waals surface area contributed by atoms with Gasteiger partial charge in [-0.05, 0) is 24.0 Å². The van der Waals surface area contributed by atoms with Gasteiger partial charge < -0.3 is 49.8 Å². The molecule has 12 nitrogen and oxygen atoms in total. The summed E-state index contributed by atoms with van der Waals surface area (Å²) < 4.78 is 17.8. The highest BCUT2D eigenvalue weighted by Gasteiger charge is 2.38. The summed E-state index contributed by atoms with van der Waals surface area (Å²) in [7, 11) is -9.28. The lowest BCUT2D eigenvalue weighted by Gasteiger charge is -2.34. The van der Waals surface area contributed by atoms with Gasteiger partial charge in [0.1, 0.15) is 0 Å². The summed E-state index contributed by atoms with van der Waals surface area (Å²) in [5.74, 6) is 0. The Morgan fingerprint density at radius 3 is 1.53 bits per heavy atom. The second-order valence-corrected chi connectivity index (χ2v) is 9.89. The molecule has 10 N–H and O–H groups in total. The molecule has 0 aliphatic rings. The van der Waals surface area contributed by atoms with Gasteiger partial charge in [-0.1, -0.05) is 69.7 Å². The zero-order valence-corrected chi connectivity index (χ0v) is 21.1. The van der Waals surface area contributed by atoms with Crippen LogP contribution in [0, 0.1) is 5.41 Å². The number of aliphatic hydroxyl groups is 4. The van der Waals surface area contributed by atoms with E-state index in [0.29, 0.717) is 5.56 Å². The van der Waals surface area contributed by atoms with Crippen LogP contribution >= 0.6 is 15.6 Å². The van der Waals surface area contributed by atoms with E-state index in [4.69, 9.17) is 38.5 Å². The summed E-state index contributed by atoms with van der Waals surface area (Å²) in [6.45, 7) is 0.820. The van der Waals surface area contributed by atoms with E-state index >= 15 is 0 Å². The zero-order valence-electron chi connectivity index (χ0n) is 19.3. The first-order valence-electron chi connectivity index (χ1n) is 10.8. The van der Waals surface area contributed by atoms with Crippen molar-refractivity contribution in [3.05, 3.63) is 35.4 Å². The van der Waals surface area contributed by atoms with Crippen LogP contribution in [-0.2, 0) is 15.6 Å². The maximum Gasteiger partial charge on any atom is 0.466 e. The van der Waals surface area contributed by atoms with Crippen LogP contribution in [0.1, 0.15) is 69.1 Å². The van der Waals surface area contributed by atoms with Crippen molar-refractivity contribution in [3.63, 3.8) is 0 Å². The van der Waals surface area contributed by atoms with Crippen molar-refractivity contribution >= 4 is 15.6 Å². The van der Waals surface area contributed by atoms with Crippen molar-refractivity contribution in [2.24, 2.45) is 5.41 Å². The molecule has 34 heavy (non-hydrogen) atoms. The third-order valence-electron chi connectivity index (χ3n) is 4.92. The molecule has 0 saturated heterocycles. The van der Waals surface area contributed by atoms with Crippen molar-refractivity contribution in [1.82, 2.24) is 0 Å². The Labute approximate surface area is 200 Å². The Kier molecular flexibility index (Phi) is 19.3. The fourth-order valence-electron chi connectivity index (χ4n) is 3.04. The molecule has 0 spiro atoms. The van der Waals surface area contributed by atoms with E-state index in [2.05, 4.69) is 6.92 Å². The quantitative estimate of drug-likeness (QED) is 0.127. The predicted molar refractivity (Wildman–Crippen MR) is 125 cm³/mol. The van der Waals surface area contributed by atoms with Crippen LogP contribution in [0.25, 0.3) is 0 Å². The van der Waals surface area contributed by atoms with Gasteiger partial charge in [0.25, 0.3) is 0 Å². The Balaban J connectivity index is 0. The minimum atomic E-state index is -4.64. The molecule has 1 unspecified atom stereocenters. The SMILES string of the molecule is CCCCCCCCCc1ccccc1C(O)C(CO)(CO)CO.O=P(O)(O)O.O=P(O)(O)O. The monoisotopic (exact) mass is 534 g/mol. The van der Waals surface area contributed by atoms with Crippen molar-refractivity contribution < 1.29 is 58.9 Å². The summed E-state index contributed by atoms with van der Waals surface area (Å²) in [4.78, 5) is 43.1. The van der Waals surface area contributed by atoms with Gasteiger partial charge in [0.2, 0.25) is 0 Å². The van der Waals surface area contributed by atoms with E-state index in [1.165, 1.54) is 38.5 Å². The summed E-state index contributed by atoms with van der Waals surface area (Å²) in [5, 5.41) is 39.2. The Morgan fingerprint density at radius 2 is 1.12 bits per heavy atom. The Bertz CT molecular complexity index is 685. The fraction of sp³-hybridized carbons (Fsp3) is 0.700. The van der Waals surface area contributed by atoms with Crippen molar-refractivity contribution in [1.29, 1.82) is 0 Å². The number of hydrogen-bond acceptors (Lipinski definition) is 6. The molecule has 1 aromatic carbocycles. The van der Waals surface area contributed by atoms with Crippen LogP contribution in [0.3, 0.4) is 0 Å². The first kappa shape index (κ1) is 35.4. The van der Waals surface area contributed by atoms with E-state index in [-0.39, 0.29) is 0 Å². The number of rotatable bonds is 13. The number of aryl methyl sites for hydroxylation is 1. The van der Waals surface area contributed by atoms with E-state index in [9.17, 15) is 20.4 Å². The van der Waals surface area contributed by atoms with Crippen LogP contribution in [0.5, 0.6) is 0 Å². The molecule has 0 radical (unpaired) electrons. The highest BCUT2D eigenvalue weighted by Crippen LogP contribution is 2.35. The molecule has 0 heterocycles. The van der Waals surface area contributed by atoms with Crippen LogP contribution in [-0.4, -0.2) is 69.6 Å². The standard InChI is InChI=1S/C20H34O4.2H3O4P/c1-2-3-4-5-6-7-8-11-17-12-9-10-13-18(17)19(24)20(14-21,15-22)16-23;2*1-5(2,3)4/h9-10,12-13,19,21-24H,2-8,11,14-16H2,1H3;2*(H3,1,2,3,4). The lowest BCUT2D eigenvalue weighted by molar-refractivity contribution is -0.0855. The van der Waals surface area contributed by atoms with Crippen molar-refractivity contribution in [2.75, 3.05) is 19.8 Å². The summed E-state index contributed by atoms with van der Waals surface area (Å²) in [6.07, 6.45) is 8.38. The van der Waals surface area contributed by atoms with Crippen molar-refractivity contribution in [2.45, 2.75) is 64.4 Å². The summed E-state index contributed by atoms with van der Waals surface area (Å²) in [6, 6.07) is 7.57. The first-order chi connectivity index (χ1) is 15.6. The fourth-order valence-corrected chi connectivity index (χ4v) is 3.04. The largest absolute Gasteiger partial charge is 0.466 e. The highest BCUT2D eigenvalue weighted by molar-refractivity contribution is 7.45. The number of phosphoric acid groups is 2. The first-order valence-corrected chi connectivity index (χ1v) is 13.9. The number of benzene rings is 1. The van der Waals surface area contributed by atoms with Gasteiger partial charge in [0, 0.05) is 0 Å². The average Bonchev–Trinajstić information content (AvgIpc) is 2.72. The molecule has 0 saturated carbocycles. The Hall–Kier alpha value is -0.720. The van der Waals surface area contributed by atoms with Gasteiger partial charge in [-0.2, -0.15) is 0 Å². The molecular formula is C20H40O12P2.